The van der Waals surface area contributed by atoms with E-state index in [4.69, 9.17) is 21.1 Å². The molecule has 12 heteroatoms. The van der Waals surface area contributed by atoms with E-state index >= 15 is 0 Å². The van der Waals surface area contributed by atoms with Crippen molar-refractivity contribution in [1.82, 2.24) is 9.71 Å². The van der Waals surface area contributed by atoms with Crippen LogP contribution in [0.2, 0.25) is 5.02 Å². The van der Waals surface area contributed by atoms with Gasteiger partial charge >= 0.3 is 0 Å². The Hall–Kier alpha value is -2.53. The summed E-state index contributed by atoms with van der Waals surface area (Å²) in [6, 6.07) is 2.58. The zero-order valence-corrected chi connectivity index (χ0v) is 17.7. The Bertz CT molecular complexity index is 1060. The lowest BCUT2D eigenvalue weighted by molar-refractivity contribution is 0.0977. The number of ether oxygens (including phenoxy) is 2. The van der Waals surface area contributed by atoms with Crippen LogP contribution in [0.1, 0.15) is 29.8 Å². The third-order valence-corrected chi connectivity index (χ3v) is 4.21. The van der Waals surface area contributed by atoms with Crippen LogP contribution in [0.3, 0.4) is 0 Å². The molecule has 0 spiro atoms. The van der Waals surface area contributed by atoms with Gasteiger partial charge < -0.3 is 9.47 Å². The van der Waals surface area contributed by atoms with E-state index in [2.05, 4.69) is 4.98 Å². The Balaban J connectivity index is 2.10. The van der Waals surface area contributed by atoms with E-state index in [0.717, 1.165) is 0 Å². The third kappa shape index (κ3) is 7.06. The monoisotopic (exact) mass is 466 g/mol. The first-order valence-corrected chi connectivity index (χ1v) is 10.6. The Morgan fingerprint density at radius 1 is 1.20 bits per heavy atom. The molecule has 0 bridgehead atoms. The van der Waals surface area contributed by atoms with Gasteiger partial charge in [0.2, 0.25) is 15.9 Å². The predicted molar refractivity (Wildman–Crippen MR) is 103 cm³/mol. The lowest BCUT2D eigenvalue weighted by Crippen LogP contribution is -2.30. The van der Waals surface area contributed by atoms with Crippen LogP contribution in [0.25, 0.3) is 0 Å². The molecule has 0 aliphatic rings. The van der Waals surface area contributed by atoms with Crippen molar-refractivity contribution >= 4 is 27.5 Å². The smallest absolute Gasteiger partial charge is 0.267 e. The maximum atomic E-state index is 14.2. The Morgan fingerprint density at radius 3 is 2.43 bits per heavy atom. The lowest BCUT2D eigenvalue weighted by atomic mass is 10.1. The van der Waals surface area contributed by atoms with Crippen molar-refractivity contribution in [2.75, 3.05) is 12.9 Å². The SMILES string of the molecule is CC(C)(F)COc1ncc(OCc2cc(F)c(C(=O)NS(C)(=O)=O)cc2F)cc1Cl. The number of hydrogen-bond acceptors (Lipinski definition) is 6. The van der Waals surface area contributed by atoms with Gasteiger partial charge in [0.25, 0.3) is 5.91 Å². The number of pyridine rings is 1. The van der Waals surface area contributed by atoms with Gasteiger partial charge in [-0.15, -0.1) is 0 Å². The summed E-state index contributed by atoms with van der Waals surface area (Å²) >= 11 is 5.99. The molecule has 1 aromatic heterocycles. The molecule has 7 nitrogen and oxygen atoms in total. The molecule has 0 unspecified atom stereocenters. The number of rotatable bonds is 8. The minimum Gasteiger partial charge on any atom is -0.487 e. The van der Waals surface area contributed by atoms with Crippen LogP contribution in [0.5, 0.6) is 11.6 Å². The number of halogens is 4. The van der Waals surface area contributed by atoms with Crippen LogP contribution in [-0.2, 0) is 16.6 Å². The number of carbonyl (C=O) groups excluding carboxylic acids is 1. The molecular weight excluding hydrogens is 449 g/mol. The number of alkyl halides is 1. The van der Waals surface area contributed by atoms with Crippen LogP contribution in [0.4, 0.5) is 13.2 Å². The number of nitrogens with zero attached hydrogens (tertiary/aromatic N) is 1. The number of hydrogen-bond donors (Lipinski definition) is 1. The maximum absolute atomic E-state index is 14.2. The first kappa shape index (κ1) is 23.7. The number of nitrogens with one attached hydrogen (secondary N) is 1. The average Bonchev–Trinajstić information content (AvgIpc) is 2.59. The highest BCUT2D eigenvalue weighted by atomic mass is 35.5. The van der Waals surface area contributed by atoms with Crippen LogP contribution in [0.15, 0.2) is 24.4 Å². The van der Waals surface area contributed by atoms with Crippen LogP contribution in [0, 0.1) is 11.6 Å². The molecule has 0 saturated heterocycles. The van der Waals surface area contributed by atoms with Crippen molar-refractivity contribution in [1.29, 1.82) is 0 Å². The number of amides is 1. The van der Waals surface area contributed by atoms with Crippen molar-refractivity contribution in [3.8, 4) is 11.6 Å². The molecule has 0 aliphatic heterocycles. The van der Waals surface area contributed by atoms with Crippen LogP contribution < -0.4 is 14.2 Å². The first-order valence-electron chi connectivity index (χ1n) is 8.35. The summed E-state index contributed by atoms with van der Waals surface area (Å²) in [6.45, 7) is 1.93. The van der Waals surface area contributed by atoms with Crippen LogP contribution >= 0.6 is 11.6 Å². The molecular formula is C18H18ClF3N2O5S. The van der Waals surface area contributed by atoms with Crippen molar-refractivity contribution in [3.05, 3.63) is 52.2 Å². The summed E-state index contributed by atoms with van der Waals surface area (Å²) in [6.07, 6.45) is 1.91. The molecule has 0 saturated carbocycles. The normalized spacial score (nSPS) is 11.8. The predicted octanol–water partition coefficient (Wildman–Crippen LogP) is 3.41. The van der Waals surface area contributed by atoms with Gasteiger partial charge in [-0.1, -0.05) is 11.6 Å². The number of carbonyl (C=O) groups is 1. The first-order chi connectivity index (χ1) is 13.7. The highest BCUT2D eigenvalue weighted by Gasteiger charge is 2.20. The van der Waals surface area contributed by atoms with Gasteiger partial charge in [-0.2, -0.15) is 0 Å². The summed E-state index contributed by atoms with van der Waals surface area (Å²) < 4.78 is 76.0. The van der Waals surface area contributed by atoms with Gasteiger partial charge in [0, 0.05) is 11.6 Å². The van der Waals surface area contributed by atoms with Crippen molar-refractivity contribution < 1.29 is 35.9 Å². The summed E-state index contributed by atoms with van der Waals surface area (Å²) in [5, 5.41) is 0.0243. The van der Waals surface area contributed by atoms with E-state index in [-0.39, 0.29) is 28.8 Å². The summed E-state index contributed by atoms with van der Waals surface area (Å²) in [4.78, 5) is 15.6. The number of aromatic nitrogens is 1. The quantitative estimate of drug-likeness (QED) is 0.640. The topological polar surface area (TPSA) is 94.6 Å². The van der Waals surface area contributed by atoms with E-state index in [1.807, 2.05) is 0 Å². The summed E-state index contributed by atoms with van der Waals surface area (Å²) in [5.74, 6) is -3.34. The van der Waals surface area contributed by atoms with E-state index in [9.17, 15) is 26.4 Å². The highest BCUT2D eigenvalue weighted by molar-refractivity contribution is 7.89. The number of benzene rings is 1. The zero-order valence-electron chi connectivity index (χ0n) is 16.1. The van der Waals surface area contributed by atoms with Crippen molar-refractivity contribution in [2.45, 2.75) is 26.1 Å². The second-order valence-electron chi connectivity index (χ2n) is 6.88. The van der Waals surface area contributed by atoms with Gasteiger partial charge in [0.15, 0.2) is 0 Å². The Labute approximate surface area is 176 Å². The van der Waals surface area contributed by atoms with Gasteiger partial charge in [0.1, 0.15) is 41.3 Å². The van der Waals surface area contributed by atoms with E-state index in [0.29, 0.717) is 18.4 Å². The number of sulfonamides is 1. The van der Waals surface area contributed by atoms with Crippen molar-refractivity contribution in [3.63, 3.8) is 0 Å². The fourth-order valence-corrected chi connectivity index (χ4v) is 2.75. The Kier molecular flexibility index (Phi) is 7.19. The Morgan fingerprint density at radius 2 is 1.87 bits per heavy atom. The third-order valence-electron chi connectivity index (χ3n) is 3.39. The fraction of sp³-hybridized carbons (Fsp3) is 0.333. The molecule has 2 aromatic rings. The molecule has 2 rings (SSSR count). The van der Waals surface area contributed by atoms with E-state index in [1.54, 1.807) is 4.72 Å². The molecule has 0 atom stereocenters. The standard InChI is InChI=1S/C18H18ClF3N2O5S/c1-18(2,22)9-29-17-13(19)5-11(7-23-17)28-8-10-4-15(21)12(6-14(10)20)16(25)24-30(3,26)27/h4-7H,8-9H2,1-3H3,(H,24,25). The molecule has 0 aliphatic carbocycles. The molecule has 1 aromatic carbocycles. The van der Waals surface area contributed by atoms with Gasteiger partial charge in [-0.25, -0.2) is 31.3 Å². The van der Waals surface area contributed by atoms with Gasteiger partial charge in [-0.3, -0.25) is 4.79 Å². The van der Waals surface area contributed by atoms with Gasteiger partial charge in [-0.05, 0) is 26.0 Å². The molecule has 1 amide bonds. The minimum absolute atomic E-state index is 0.0202. The van der Waals surface area contributed by atoms with E-state index in [1.165, 1.54) is 26.1 Å². The zero-order chi connectivity index (χ0) is 22.7. The molecule has 1 heterocycles. The fourth-order valence-electron chi connectivity index (χ4n) is 2.09. The van der Waals surface area contributed by atoms with Crippen LogP contribution in [-0.4, -0.2) is 37.8 Å². The molecule has 164 valence electrons. The molecule has 0 fully saturated rings. The summed E-state index contributed by atoms with van der Waals surface area (Å²) in [5.41, 5.74) is -2.60. The molecule has 30 heavy (non-hydrogen) atoms. The minimum atomic E-state index is -3.94. The lowest BCUT2D eigenvalue weighted by Gasteiger charge is -2.15. The molecule has 1 N–H and O–H groups in total. The maximum Gasteiger partial charge on any atom is 0.267 e. The second kappa shape index (κ2) is 9.09. The highest BCUT2D eigenvalue weighted by Crippen LogP contribution is 2.28. The second-order valence-corrected chi connectivity index (χ2v) is 9.04. The summed E-state index contributed by atoms with van der Waals surface area (Å²) in [7, 11) is -3.94. The average molecular weight is 467 g/mol. The van der Waals surface area contributed by atoms with E-state index < -0.39 is 45.4 Å². The van der Waals surface area contributed by atoms with Gasteiger partial charge in [0.05, 0.1) is 18.0 Å². The van der Waals surface area contributed by atoms with Crippen molar-refractivity contribution in [2.24, 2.45) is 0 Å². The largest absolute Gasteiger partial charge is 0.487 e. The molecule has 0 radical (unpaired) electrons.